The highest BCUT2D eigenvalue weighted by molar-refractivity contribution is 6.03. The van der Waals surface area contributed by atoms with Crippen LogP contribution in [0.4, 0.5) is 0 Å². The second-order valence-corrected chi connectivity index (χ2v) is 8.46. The number of esters is 1. The molecule has 1 aromatic carbocycles. The number of ether oxygens (including phenoxy) is 2. The highest BCUT2D eigenvalue weighted by Crippen LogP contribution is 2.48. The molecule has 2 aliphatic rings. The molecule has 1 unspecified atom stereocenters. The van der Waals surface area contributed by atoms with Crippen LogP contribution in [0, 0.1) is 12.3 Å². The third kappa shape index (κ3) is 3.77. The Labute approximate surface area is 160 Å². The van der Waals surface area contributed by atoms with Gasteiger partial charge in [0, 0.05) is 18.4 Å². The summed E-state index contributed by atoms with van der Waals surface area (Å²) in [7, 11) is 0. The number of rotatable bonds is 3. The fourth-order valence-electron chi connectivity index (χ4n) is 3.75. The van der Waals surface area contributed by atoms with E-state index in [4.69, 9.17) is 15.2 Å². The predicted molar refractivity (Wildman–Crippen MR) is 102 cm³/mol. The first-order valence-electron chi connectivity index (χ1n) is 9.30. The number of carbonyl (C=O) groups excluding carboxylic acids is 2. The van der Waals surface area contributed by atoms with Crippen molar-refractivity contribution in [1.29, 1.82) is 0 Å². The second kappa shape index (κ2) is 6.87. The zero-order chi connectivity index (χ0) is 19.9. The van der Waals surface area contributed by atoms with Gasteiger partial charge in [-0.15, -0.1) is 0 Å². The quantitative estimate of drug-likeness (QED) is 0.818. The topological polar surface area (TPSA) is 78.6 Å². The van der Waals surface area contributed by atoms with E-state index in [1.807, 2.05) is 45.0 Å². The van der Waals surface area contributed by atoms with Gasteiger partial charge in [-0.05, 0) is 31.7 Å². The van der Waals surface area contributed by atoms with Crippen LogP contribution >= 0.6 is 0 Å². The molecule has 1 aromatic rings. The second-order valence-electron chi connectivity index (χ2n) is 8.46. The summed E-state index contributed by atoms with van der Waals surface area (Å²) >= 11 is 0. The minimum atomic E-state index is -0.566. The van der Waals surface area contributed by atoms with E-state index in [-0.39, 0.29) is 28.8 Å². The van der Waals surface area contributed by atoms with Gasteiger partial charge in [0.15, 0.2) is 5.78 Å². The van der Waals surface area contributed by atoms with Crippen molar-refractivity contribution >= 4 is 11.8 Å². The van der Waals surface area contributed by atoms with Gasteiger partial charge in [-0.3, -0.25) is 4.79 Å². The summed E-state index contributed by atoms with van der Waals surface area (Å²) in [6.45, 7) is 9.60. The number of aryl methyl sites for hydroxylation is 1. The van der Waals surface area contributed by atoms with Crippen molar-refractivity contribution < 1.29 is 19.1 Å². The van der Waals surface area contributed by atoms with Crippen molar-refractivity contribution in [2.24, 2.45) is 11.1 Å². The average molecular weight is 369 g/mol. The lowest BCUT2D eigenvalue weighted by molar-refractivity contribution is -0.143. The molecule has 5 heteroatoms. The summed E-state index contributed by atoms with van der Waals surface area (Å²) in [5.74, 6) is -0.522. The molecule has 2 N–H and O–H groups in total. The zero-order valence-corrected chi connectivity index (χ0v) is 16.6. The van der Waals surface area contributed by atoms with Gasteiger partial charge in [-0.2, -0.15) is 0 Å². The normalized spacial score (nSPS) is 21.9. The molecule has 0 aromatic heterocycles. The molecule has 3 rings (SSSR count). The lowest BCUT2D eigenvalue weighted by Crippen LogP contribution is -2.36. The van der Waals surface area contributed by atoms with Crippen LogP contribution in [0.25, 0.3) is 0 Å². The molecule has 1 heterocycles. The number of hydrogen-bond acceptors (Lipinski definition) is 5. The van der Waals surface area contributed by atoms with E-state index < -0.39 is 11.9 Å². The molecule has 0 saturated carbocycles. The van der Waals surface area contributed by atoms with E-state index in [0.29, 0.717) is 24.2 Å². The number of benzene rings is 1. The third-order valence-corrected chi connectivity index (χ3v) is 4.93. The Kier molecular flexibility index (Phi) is 4.89. The van der Waals surface area contributed by atoms with E-state index in [1.54, 1.807) is 13.8 Å². The minimum absolute atomic E-state index is 0.00540. The molecule has 0 radical (unpaired) electrons. The highest BCUT2D eigenvalue weighted by atomic mass is 16.5. The Bertz CT molecular complexity index is 844. The maximum Gasteiger partial charge on any atom is 0.340 e. The summed E-state index contributed by atoms with van der Waals surface area (Å²) in [4.78, 5) is 25.8. The third-order valence-electron chi connectivity index (χ3n) is 4.93. The van der Waals surface area contributed by atoms with E-state index >= 15 is 0 Å². The van der Waals surface area contributed by atoms with Gasteiger partial charge >= 0.3 is 5.97 Å². The van der Waals surface area contributed by atoms with Crippen LogP contribution in [-0.4, -0.2) is 17.9 Å². The Morgan fingerprint density at radius 3 is 2.44 bits per heavy atom. The Balaban J connectivity index is 2.15. The molecule has 1 aliphatic heterocycles. The molecular weight excluding hydrogens is 342 g/mol. The number of ketones is 1. The summed E-state index contributed by atoms with van der Waals surface area (Å²) in [6, 6.07) is 7.78. The van der Waals surface area contributed by atoms with Gasteiger partial charge in [-0.25, -0.2) is 4.79 Å². The van der Waals surface area contributed by atoms with Crippen molar-refractivity contribution in [2.75, 3.05) is 0 Å². The highest BCUT2D eigenvalue weighted by Gasteiger charge is 2.45. The van der Waals surface area contributed by atoms with Crippen molar-refractivity contribution in [1.82, 2.24) is 0 Å². The Morgan fingerprint density at radius 2 is 1.85 bits per heavy atom. The first kappa shape index (κ1) is 19.2. The molecule has 0 bridgehead atoms. The fourth-order valence-corrected chi connectivity index (χ4v) is 3.75. The van der Waals surface area contributed by atoms with Crippen molar-refractivity contribution in [2.45, 2.75) is 59.5 Å². The Morgan fingerprint density at radius 1 is 1.22 bits per heavy atom. The van der Waals surface area contributed by atoms with E-state index in [0.717, 1.165) is 11.1 Å². The van der Waals surface area contributed by atoms with Gasteiger partial charge < -0.3 is 15.2 Å². The lowest BCUT2D eigenvalue weighted by Gasteiger charge is -2.38. The summed E-state index contributed by atoms with van der Waals surface area (Å²) in [5, 5.41) is 0. The zero-order valence-electron chi connectivity index (χ0n) is 16.6. The SMILES string of the molecule is Cc1ccc(C2C(C(=O)OC(C)C)=C(N)OC3=C2C(=O)CC(C)(C)C3)cc1. The van der Waals surface area contributed by atoms with Crippen LogP contribution < -0.4 is 5.73 Å². The summed E-state index contributed by atoms with van der Waals surface area (Å²) < 4.78 is 11.2. The van der Waals surface area contributed by atoms with Gasteiger partial charge in [0.1, 0.15) is 11.3 Å². The minimum Gasteiger partial charge on any atom is -0.459 e. The standard InChI is InChI=1S/C22H27NO4/c1-12(2)26-21(25)19-17(14-8-6-13(3)7-9-14)18-15(24)10-22(4,5)11-16(18)27-20(19)23/h6-9,12,17H,10-11,23H2,1-5H3. The molecule has 0 spiro atoms. The predicted octanol–water partition coefficient (Wildman–Crippen LogP) is 3.87. The molecule has 0 fully saturated rings. The first-order chi connectivity index (χ1) is 12.6. The maximum absolute atomic E-state index is 13.0. The molecule has 27 heavy (non-hydrogen) atoms. The Hall–Kier alpha value is -2.56. The largest absolute Gasteiger partial charge is 0.459 e. The van der Waals surface area contributed by atoms with Crippen LogP contribution in [0.3, 0.4) is 0 Å². The van der Waals surface area contributed by atoms with Crippen LogP contribution in [0.1, 0.15) is 57.6 Å². The van der Waals surface area contributed by atoms with Gasteiger partial charge in [-0.1, -0.05) is 43.7 Å². The van der Waals surface area contributed by atoms with Crippen LogP contribution in [-0.2, 0) is 19.1 Å². The van der Waals surface area contributed by atoms with Crippen molar-refractivity contribution in [3.8, 4) is 0 Å². The number of carbonyl (C=O) groups is 2. The van der Waals surface area contributed by atoms with Gasteiger partial charge in [0.25, 0.3) is 0 Å². The van der Waals surface area contributed by atoms with E-state index in [1.165, 1.54) is 0 Å². The number of Topliss-reactive ketones (excluding diaryl/α,β-unsaturated/α-hetero) is 1. The molecule has 5 nitrogen and oxygen atoms in total. The average Bonchev–Trinajstić information content (AvgIpc) is 2.52. The van der Waals surface area contributed by atoms with E-state index in [2.05, 4.69) is 0 Å². The van der Waals surface area contributed by atoms with Crippen molar-refractivity contribution in [3.05, 3.63) is 58.2 Å². The van der Waals surface area contributed by atoms with Gasteiger partial charge in [0.05, 0.1) is 12.0 Å². The van der Waals surface area contributed by atoms with Crippen LogP contribution in [0.2, 0.25) is 0 Å². The monoisotopic (exact) mass is 369 g/mol. The molecule has 144 valence electrons. The molecule has 0 saturated heterocycles. The molecular formula is C22H27NO4. The first-order valence-corrected chi connectivity index (χ1v) is 9.30. The van der Waals surface area contributed by atoms with Gasteiger partial charge in [0.2, 0.25) is 5.88 Å². The smallest absolute Gasteiger partial charge is 0.340 e. The van der Waals surface area contributed by atoms with Crippen molar-refractivity contribution in [3.63, 3.8) is 0 Å². The van der Waals surface area contributed by atoms with Crippen LogP contribution in [0.5, 0.6) is 0 Å². The maximum atomic E-state index is 13.0. The molecule has 1 atom stereocenters. The number of allylic oxidation sites excluding steroid dienone is 2. The number of hydrogen-bond donors (Lipinski definition) is 1. The molecule has 1 aliphatic carbocycles. The van der Waals surface area contributed by atoms with Crippen LogP contribution in [0.15, 0.2) is 47.1 Å². The summed E-state index contributed by atoms with van der Waals surface area (Å²) in [5.41, 5.74) is 8.63. The summed E-state index contributed by atoms with van der Waals surface area (Å²) in [6.07, 6.45) is 0.709. The molecule has 0 amide bonds. The van der Waals surface area contributed by atoms with E-state index in [9.17, 15) is 9.59 Å². The lowest BCUT2D eigenvalue weighted by atomic mass is 9.70. The number of nitrogens with two attached hydrogens (primary N) is 1. The fraction of sp³-hybridized carbons (Fsp3) is 0.455.